The van der Waals surface area contributed by atoms with Gasteiger partial charge < -0.3 is 16.2 Å². The monoisotopic (exact) mass is 430 g/mol. The second-order valence-corrected chi connectivity index (χ2v) is 10.0. The SMILES string of the molecule is NCCCCC(N)C(=O)Cc1ccc(Oc2ccc(S(=O)(=O)CC3CC3)cc2)cc1. The summed E-state index contributed by atoms with van der Waals surface area (Å²) in [5.74, 6) is 1.74. The molecule has 1 unspecified atom stereocenters. The highest BCUT2D eigenvalue weighted by atomic mass is 32.2. The Bertz CT molecular complexity index is 936. The van der Waals surface area contributed by atoms with E-state index in [2.05, 4.69) is 0 Å². The van der Waals surface area contributed by atoms with Crippen LogP contribution in [0.25, 0.3) is 0 Å². The van der Waals surface area contributed by atoms with Crippen molar-refractivity contribution in [3.8, 4) is 11.5 Å². The van der Waals surface area contributed by atoms with Gasteiger partial charge in [0.1, 0.15) is 11.5 Å². The maximum Gasteiger partial charge on any atom is 0.178 e. The van der Waals surface area contributed by atoms with Crippen LogP contribution in [0.3, 0.4) is 0 Å². The number of sulfone groups is 1. The first-order valence-corrected chi connectivity index (χ1v) is 12.1. The molecular weight excluding hydrogens is 400 g/mol. The van der Waals surface area contributed by atoms with Gasteiger partial charge in [0.25, 0.3) is 0 Å². The number of benzene rings is 2. The first-order chi connectivity index (χ1) is 14.4. The Labute approximate surface area is 178 Å². The Morgan fingerprint density at radius 3 is 2.17 bits per heavy atom. The lowest BCUT2D eigenvalue weighted by Gasteiger charge is -2.11. The zero-order valence-electron chi connectivity index (χ0n) is 17.1. The van der Waals surface area contributed by atoms with E-state index in [9.17, 15) is 13.2 Å². The zero-order valence-corrected chi connectivity index (χ0v) is 17.9. The molecule has 0 bridgehead atoms. The van der Waals surface area contributed by atoms with Crippen LogP contribution in [0.15, 0.2) is 53.4 Å². The minimum absolute atomic E-state index is 0.0173. The number of nitrogens with two attached hydrogens (primary N) is 2. The van der Waals surface area contributed by atoms with Crippen LogP contribution < -0.4 is 16.2 Å². The molecule has 4 N–H and O–H groups in total. The second-order valence-electron chi connectivity index (χ2n) is 7.98. The van der Waals surface area contributed by atoms with Crippen molar-refractivity contribution in [1.29, 1.82) is 0 Å². The molecule has 0 radical (unpaired) electrons. The predicted molar refractivity (Wildman–Crippen MR) is 117 cm³/mol. The molecule has 0 spiro atoms. The Morgan fingerprint density at radius 1 is 1.00 bits per heavy atom. The van der Waals surface area contributed by atoms with E-state index in [0.717, 1.165) is 31.2 Å². The number of ketones is 1. The number of carbonyl (C=O) groups excluding carboxylic acids is 1. The van der Waals surface area contributed by atoms with Gasteiger partial charge in [-0.2, -0.15) is 0 Å². The number of unbranched alkanes of at least 4 members (excludes halogenated alkanes) is 1. The first kappa shape index (κ1) is 22.5. The third-order valence-electron chi connectivity index (χ3n) is 5.26. The predicted octanol–water partition coefficient (Wildman–Crippen LogP) is 3.23. The summed E-state index contributed by atoms with van der Waals surface area (Å²) >= 11 is 0. The molecule has 162 valence electrons. The maximum atomic E-state index is 12.3. The van der Waals surface area contributed by atoms with E-state index < -0.39 is 15.9 Å². The second kappa shape index (κ2) is 10.2. The van der Waals surface area contributed by atoms with Gasteiger partial charge in [0.2, 0.25) is 0 Å². The van der Waals surface area contributed by atoms with E-state index >= 15 is 0 Å². The molecule has 1 aliphatic rings. The minimum atomic E-state index is -3.22. The van der Waals surface area contributed by atoms with E-state index in [1.54, 1.807) is 36.4 Å². The highest BCUT2D eigenvalue weighted by Gasteiger charge is 2.29. The molecule has 1 fully saturated rings. The van der Waals surface area contributed by atoms with Crippen LogP contribution in [-0.2, 0) is 21.1 Å². The molecule has 1 atom stereocenters. The third-order valence-corrected chi connectivity index (χ3v) is 7.16. The van der Waals surface area contributed by atoms with Crippen molar-refractivity contribution in [1.82, 2.24) is 0 Å². The fourth-order valence-electron chi connectivity index (χ4n) is 3.22. The normalized spacial score (nSPS) is 15.0. The standard InChI is InChI=1S/C23H30N2O4S/c24-14-2-1-3-22(25)23(26)15-17-6-8-19(9-7-17)29-20-10-12-21(13-11-20)30(27,28)16-18-4-5-18/h6-13,18,22H,1-5,14-16,24-25H2. The summed E-state index contributed by atoms with van der Waals surface area (Å²) in [7, 11) is -3.22. The average Bonchev–Trinajstić information content (AvgIpc) is 3.53. The molecule has 0 saturated heterocycles. The van der Waals surface area contributed by atoms with Crippen LogP contribution in [-0.4, -0.2) is 32.5 Å². The van der Waals surface area contributed by atoms with Crippen molar-refractivity contribution in [2.45, 2.75) is 49.5 Å². The molecule has 0 aliphatic heterocycles. The summed E-state index contributed by atoms with van der Waals surface area (Å²) in [6, 6.07) is 13.3. The first-order valence-electron chi connectivity index (χ1n) is 10.5. The molecule has 7 heteroatoms. The molecule has 6 nitrogen and oxygen atoms in total. The Morgan fingerprint density at radius 2 is 1.60 bits per heavy atom. The fourth-order valence-corrected chi connectivity index (χ4v) is 4.92. The summed E-state index contributed by atoms with van der Waals surface area (Å²) in [5, 5.41) is 0. The zero-order chi connectivity index (χ0) is 21.6. The summed E-state index contributed by atoms with van der Waals surface area (Å²) in [5.41, 5.74) is 12.3. The van der Waals surface area contributed by atoms with Crippen molar-refractivity contribution in [3.05, 3.63) is 54.1 Å². The highest BCUT2D eigenvalue weighted by molar-refractivity contribution is 7.91. The van der Waals surface area contributed by atoms with Crippen LogP contribution in [0.5, 0.6) is 11.5 Å². The Kier molecular flexibility index (Phi) is 7.64. The highest BCUT2D eigenvalue weighted by Crippen LogP contribution is 2.32. The van der Waals surface area contributed by atoms with E-state index in [4.69, 9.17) is 16.2 Å². The van der Waals surface area contributed by atoms with Crippen molar-refractivity contribution in [2.75, 3.05) is 12.3 Å². The van der Waals surface area contributed by atoms with Gasteiger partial charge in [0.05, 0.1) is 16.7 Å². The van der Waals surface area contributed by atoms with Gasteiger partial charge in [-0.15, -0.1) is 0 Å². The molecule has 0 amide bonds. The number of carbonyl (C=O) groups is 1. The molecule has 2 aromatic carbocycles. The molecule has 0 aromatic heterocycles. The van der Waals surface area contributed by atoms with E-state index in [1.165, 1.54) is 0 Å². The lowest BCUT2D eigenvalue weighted by molar-refractivity contribution is -0.119. The molecule has 3 rings (SSSR count). The lowest BCUT2D eigenvalue weighted by Crippen LogP contribution is -2.31. The molecule has 30 heavy (non-hydrogen) atoms. The van der Waals surface area contributed by atoms with Gasteiger partial charge in [-0.3, -0.25) is 4.79 Å². The topological polar surface area (TPSA) is 112 Å². The van der Waals surface area contributed by atoms with Crippen LogP contribution in [0, 0.1) is 5.92 Å². The van der Waals surface area contributed by atoms with E-state index in [0.29, 0.717) is 35.3 Å². The fraction of sp³-hybridized carbons (Fsp3) is 0.435. The van der Waals surface area contributed by atoms with E-state index in [-0.39, 0.29) is 18.0 Å². The maximum absolute atomic E-state index is 12.3. The van der Waals surface area contributed by atoms with Gasteiger partial charge in [-0.25, -0.2) is 8.42 Å². The van der Waals surface area contributed by atoms with Crippen LogP contribution >= 0.6 is 0 Å². The number of rotatable bonds is 12. The van der Waals surface area contributed by atoms with Crippen molar-refractivity contribution in [2.24, 2.45) is 17.4 Å². The van der Waals surface area contributed by atoms with Crippen LogP contribution in [0.4, 0.5) is 0 Å². The van der Waals surface area contributed by atoms with Gasteiger partial charge >= 0.3 is 0 Å². The molecule has 2 aromatic rings. The average molecular weight is 431 g/mol. The van der Waals surface area contributed by atoms with Gasteiger partial charge in [0, 0.05) is 6.42 Å². The minimum Gasteiger partial charge on any atom is -0.457 e. The third kappa shape index (κ3) is 6.65. The van der Waals surface area contributed by atoms with Gasteiger partial charge in [-0.1, -0.05) is 18.6 Å². The molecule has 1 saturated carbocycles. The summed E-state index contributed by atoms with van der Waals surface area (Å²) < 4.78 is 30.4. The number of Topliss-reactive ketones (excluding diaryl/α,β-unsaturated/α-hetero) is 1. The van der Waals surface area contributed by atoms with Crippen molar-refractivity contribution >= 4 is 15.6 Å². The molecule has 0 heterocycles. The lowest BCUT2D eigenvalue weighted by atomic mass is 10.00. The number of hydrogen-bond acceptors (Lipinski definition) is 6. The molecular formula is C23H30N2O4S. The quantitative estimate of drug-likeness (QED) is 0.500. The van der Waals surface area contributed by atoms with E-state index in [1.807, 2.05) is 12.1 Å². The summed E-state index contributed by atoms with van der Waals surface area (Å²) in [4.78, 5) is 12.6. The largest absolute Gasteiger partial charge is 0.457 e. The van der Waals surface area contributed by atoms with Crippen molar-refractivity contribution in [3.63, 3.8) is 0 Å². The Hall–Kier alpha value is -2.22. The smallest absolute Gasteiger partial charge is 0.178 e. The van der Waals surface area contributed by atoms with Crippen LogP contribution in [0.2, 0.25) is 0 Å². The summed E-state index contributed by atoms with van der Waals surface area (Å²) in [6.45, 7) is 0.612. The molecule has 1 aliphatic carbocycles. The number of ether oxygens (including phenoxy) is 1. The van der Waals surface area contributed by atoms with Crippen molar-refractivity contribution < 1.29 is 17.9 Å². The van der Waals surface area contributed by atoms with Gasteiger partial charge in [0.15, 0.2) is 15.6 Å². The number of hydrogen-bond donors (Lipinski definition) is 2. The van der Waals surface area contributed by atoms with Crippen LogP contribution in [0.1, 0.15) is 37.7 Å². The Balaban J connectivity index is 1.53. The van der Waals surface area contributed by atoms with Gasteiger partial charge in [-0.05, 0) is 80.1 Å². The summed E-state index contributed by atoms with van der Waals surface area (Å²) in [6.07, 6.45) is 4.68.